The Morgan fingerprint density at radius 2 is 1.68 bits per heavy atom. The Kier molecular flexibility index (Phi) is 7.16. The van der Waals surface area contributed by atoms with Gasteiger partial charge in [0.15, 0.2) is 6.61 Å². The summed E-state index contributed by atoms with van der Waals surface area (Å²) in [6.07, 6.45) is 3.34. The summed E-state index contributed by atoms with van der Waals surface area (Å²) < 4.78 is 5.67. The van der Waals surface area contributed by atoms with Crippen molar-refractivity contribution in [1.82, 2.24) is 15.4 Å². The zero-order chi connectivity index (χ0) is 27.3. The summed E-state index contributed by atoms with van der Waals surface area (Å²) in [5.41, 5.74) is 9.03. The molecule has 7 heteroatoms. The number of carbonyl (C=O) groups is 1. The largest absolute Gasteiger partial charge is 0.484 e. The number of aromatic nitrogens is 2. The lowest BCUT2D eigenvalue weighted by atomic mass is 9.98. The number of carbonyl (C=O) groups excluding carboxylic acids is 1. The SMILES string of the molecule is O=C(COc1ccc(-c2cc(-c3ccccc3)c3cc(Cl)ccc3n2)cc1)N/N=C/c1ccc2ncccc2c1. The monoisotopic (exact) mass is 542 g/mol. The highest BCUT2D eigenvalue weighted by Gasteiger charge is 2.11. The summed E-state index contributed by atoms with van der Waals surface area (Å²) in [7, 11) is 0. The maximum atomic E-state index is 12.2. The number of rotatable bonds is 7. The van der Waals surface area contributed by atoms with Crippen LogP contribution in [0.15, 0.2) is 120 Å². The molecule has 0 saturated heterocycles. The smallest absolute Gasteiger partial charge is 0.277 e. The van der Waals surface area contributed by atoms with Gasteiger partial charge in [0, 0.05) is 27.6 Å². The number of ether oxygens (including phenoxy) is 1. The van der Waals surface area contributed by atoms with Crippen LogP contribution in [0.25, 0.3) is 44.2 Å². The number of nitrogens with zero attached hydrogens (tertiary/aromatic N) is 3. The Labute approximate surface area is 235 Å². The number of fused-ring (bicyclic) bond motifs is 2. The molecule has 0 aliphatic rings. The van der Waals surface area contributed by atoms with E-state index in [2.05, 4.69) is 33.7 Å². The predicted molar refractivity (Wildman–Crippen MR) is 161 cm³/mol. The molecule has 6 nitrogen and oxygen atoms in total. The van der Waals surface area contributed by atoms with Crippen LogP contribution in [0.5, 0.6) is 5.75 Å². The van der Waals surface area contributed by atoms with Gasteiger partial charge < -0.3 is 4.74 Å². The molecule has 2 heterocycles. The summed E-state index contributed by atoms with van der Waals surface area (Å²) in [4.78, 5) is 21.4. The molecule has 1 N–H and O–H groups in total. The van der Waals surface area contributed by atoms with Gasteiger partial charge in [-0.25, -0.2) is 10.4 Å². The number of hydrazone groups is 1. The Bertz CT molecular complexity index is 1860. The number of halogens is 1. The fourth-order valence-corrected chi connectivity index (χ4v) is 4.63. The Hall–Kier alpha value is -5.07. The van der Waals surface area contributed by atoms with E-state index >= 15 is 0 Å². The highest BCUT2D eigenvalue weighted by Crippen LogP contribution is 2.33. The van der Waals surface area contributed by atoms with Crippen molar-refractivity contribution in [3.8, 4) is 28.1 Å². The third-order valence-electron chi connectivity index (χ3n) is 6.41. The van der Waals surface area contributed by atoms with Gasteiger partial charge in [-0.3, -0.25) is 9.78 Å². The predicted octanol–water partition coefficient (Wildman–Crippen LogP) is 7.30. The van der Waals surface area contributed by atoms with Crippen LogP contribution in [0.3, 0.4) is 0 Å². The number of pyridine rings is 2. The van der Waals surface area contributed by atoms with E-state index in [1.54, 1.807) is 12.4 Å². The second-order valence-corrected chi connectivity index (χ2v) is 9.58. The fraction of sp³-hybridized carbons (Fsp3) is 0.0303. The molecule has 0 aliphatic heterocycles. The van der Waals surface area contributed by atoms with Gasteiger partial charge in [0.2, 0.25) is 0 Å². The average molecular weight is 543 g/mol. The van der Waals surface area contributed by atoms with Crippen LogP contribution >= 0.6 is 11.6 Å². The summed E-state index contributed by atoms with van der Waals surface area (Å²) in [6.45, 7) is -0.161. The molecule has 0 spiro atoms. The molecule has 2 aromatic heterocycles. The van der Waals surface area contributed by atoms with Crippen molar-refractivity contribution in [3.05, 3.63) is 126 Å². The van der Waals surface area contributed by atoms with Crippen LogP contribution in [0, 0.1) is 0 Å². The summed E-state index contributed by atoms with van der Waals surface area (Å²) >= 11 is 6.30. The maximum absolute atomic E-state index is 12.2. The van der Waals surface area contributed by atoms with E-state index in [-0.39, 0.29) is 12.5 Å². The lowest BCUT2D eigenvalue weighted by Gasteiger charge is -2.11. The third-order valence-corrected chi connectivity index (χ3v) is 6.64. The molecule has 1 amide bonds. The third kappa shape index (κ3) is 5.67. The van der Waals surface area contributed by atoms with Gasteiger partial charge in [-0.1, -0.05) is 54.1 Å². The maximum Gasteiger partial charge on any atom is 0.277 e. The molecule has 40 heavy (non-hydrogen) atoms. The summed E-state index contributed by atoms with van der Waals surface area (Å²) in [6, 6.07) is 35.1. The molecule has 0 saturated carbocycles. The van der Waals surface area contributed by atoms with Gasteiger partial charge in [0.05, 0.1) is 22.9 Å². The fourth-order valence-electron chi connectivity index (χ4n) is 4.46. The van der Waals surface area contributed by atoms with Crippen molar-refractivity contribution < 1.29 is 9.53 Å². The van der Waals surface area contributed by atoms with E-state index in [9.17, 15) is 4.79 Å². The Morgan fingerprint density at radius 3 is 2.52 bits per heavy atom. The molecule has 0 fully saturated rings. The normalized spacial score (nSPS) is 11.2. The van der Waals surface area contributed by atoms with Crippen LogP contribution in [0.2, 0.25) is 5.02 Å². The van der Waals surface area contributed by atoms with E-state index in [1.165, 1.54) is 0 Å². The van der Waals surface area contributed by atoms with Crippen molar-refractivity contribution in [3.63, 3.8) is 0 Å². The zero-order valence-electron chi connectivity index (χ0n) is 21.3. The first-order valence-electron chi connectivity index (χ1n) is 12.7. The van der Waals surface area contributed by atoms with Crippen LogP contribution < -0.4 is 10.2 Å². The van der Waals surface area contributed by atoms with Crippen molar-refractivity contribution in [2.24, 2.45) is 5.10 Å². The highest BCUT2D eigenvalue weighted by atomic mass is 35.5. The van der Waals surface area contributed by atoms with Gasteiger partial charge in [-0.05, 0) is 83.4 Å². The number of hydrogen-bond acceptors (Lipinski definition) is 5. The van der Waals surface area contributed by atoms with Crippen molar-refractivity contribution >= 4 is 45.5 Å². The van der Waals surface area contributed by atoms with Crippen LogP contribution in [-0.4, -0.2) is 28.7 Å². The lowest BCUT2D eigenvalue weighted by Crippen LogP contribution is -2.24. The molecular weight excluding hydrogens is 520 g/mol. The number of nitrogens with one attached hydrogen (secondary N) is 1. The van der Waals surface area contributed by atoms with E-state index in [4.69, 9.17) is 21.3 Å². The number of benzene rings is 4. The van der Waals surface area contributed by atoms with E-state index in [1.807, 2.05) is 91.0 Å². The Balaban J connectivity index is 1.12. The second kappa shape index (κ2) is 11.4. The molecule has 6 rings (SSSR count). The van der Waals surface area contributed by atoms with Crippen molar-refractivity contribution in [2.45, 2.75) is 0 Å². The van der Waals surface area contributed by atoms with E-state index < -0.39 is 0 Å². The number of amides is 1. The molecule has 6 aromatic rings. The second-order valence-electron chi connectivity index (χ2n) is 9.14. The molecular formula is C33H23ClN4O2. The van der Waals surface area contributed by atoms with Gasteiger partial charge in [-0.15, -0.1) is 0 Å². The van der Waals surface area contributed by atoms with E-state index in [0.29, 0.717) is 10.8 Å². The zero-order valence-corrected chi connectivity index (χ0v) is 22.0. The highest BCUT2D eigenvalue weighted by molar-refractivity contribution is 6.31. The molecule has 0 atom stereocenters. The summed E-state index contributed by atoms with van der Waals surface area (Å²) in [5, 5.41) is 6.70. The molecule has 0 bridgehead atoms. The molecule has 0 radical (unpaired) electrons. The first kappa shape index (κ1) is 25.2. The van der Waals surface area contributed by atoms with Gasteiger partial charge >= 0.3 is 0 Å². The standard InChI is InChI=1S/C33H23ClN4O2/c34-26-11-15-31-29(18-26)28(23-5-2-1-3-6-23)19-32(37-31)24-9-12-27(13-10-24)40-21-33(39)38-36-20-22-8-14-30-25(17-22)7-4-16-35-30/h1-20H,21H2,(H,38,39)/b36-20+. The minimum atomic E-state index is -0.356. The topological polar surface area (TPSA) is 76.5 Å². The number of hydrogen-bond donors (Lipinski definition) is 1. The van der Waals surface area contributed by atoms with Gasteiger partial charge in [0.1, 0.15) is 5.75 Å². The molecule has 194 valence electrons. The van der Waals surface area contributed by atoms with Crippen LogP contribution in [-0.2, 0) is 4.79 Å². The van der Waals surface area contributed by atoms with Gasteiger partial charge in [0.25, 0.3) is 5.91 Å². The lowest BCUT2D eigenvalue weighted by molar-refractivity contribution is -0.123. The quantitative estimate of drug-likeness (QED) is 0.170. The average Bonchev–Trinajstić information content (AvgIpc) is 3.00. The van der Waals surface area contributed by atoms with E-state index in [0.717, 1.165) is 49.8 Å². The molecule has 0 unspecified atom stereocenters. The van der Waals surface area contributed by atoms with Crippen molar-refractivity contribution in [1.29, 1.82) is 0 Å². The van der Waals surface area contributed by atoms with Crippen LogP contribution in [0.4, 0.5) is 0 Å². The summed E-state index contributed by atoms with van der Waals surface area (Å²) in [5.74, 6) is 0.214. The first-order valence-corrected chi connectivity index (χ1v) is 13.1. The minimum Gasteiger partial charge on any atom is -0.484 e. The van der Waals surface area contributed by atoms with Crippen molar-refractivity contribution in [2.75, 3.05) is 6.61 Å². The Morgan fingerprint density at radius 1 is 0.850 bits per heavy atom. The minimum absolute atomic E-state index is 0.161. The first-order chi connectivity index (χ1) is 19.6. The van der Waals surface area contributed by atoms with Gasteiger partial charge in [-0.2, -0.15) is 5.10 Å². The van der Waals surface area contributed by atoms with Crippen LogP contribution in [0.1, 0.15) is 5.56 Å². The molecule has 4 aromatic carbocycles. The molecule has 0 aliphatic carbocycles.